The maximum atomic E-state index is 8.70. The Morgan fingerprint density at radius 3 is 0.700 bits per heavy atom. The van der Waals surface area contributed by atoms with Crippen LogP contribution in [0, 0.1) is 0 Å². The van der Waals surface area contributed by atoms with Crippen LogP contribution in [0.4, 0.5) is 0 Å². The summed E-state index contributed by atoms with van der Waals surface area (Å²) in [6.45, 7) is 0. The van der Waals surface area contributed by atoms with Crippen LogP contribution < -0.4 is 12.3 Å². The zero-order chi connectivity index (χ0) is 7.15. The Bertz CT molecular complexity index is 71.7. The second kappa shape index (κ2) is 16.0. The molecular formula is H10N2O6P2+2. The van der Waals surface area contributed by atoms with Crippen LogP contribution in [-0.4, -0.2) is 19.6 Å². The highest BCUT2D eigenvalue weighted by atomic mass is 31.1. The first kappa shape index (κ1) is 22.5. The predicted molar refractivity (Wildman–Crippen MR) is 34.1 cm³/mol. The van der Waals surface area contributed by atoms with Crippen LogP contribution in [-0.2, 0) is 9.13 Å². The van der Waals surface area contributed by atoms with Crippen molar-refractivity contribution in [2.45, 2.75) is 0 Å². The molecule has 0 aliphatic rings. The van der Waals surface area contributed by atoms with Gasteiger partial charge in [0.15, 0.2) is 0 Å². The minimum atomic E-state index is -2.87. The molecular weight excluding hydrogens is 186 g/mol. The molecule has 0 aromatic heterocycles. The molecule has 0 aromatic rings. The standard InChI is InChI=1S/2H3N.2HO3P/c;;2*1-4(2)3/h2*1H3;2*(H-,1,2,3)/p+2. The molecule has 0 saturated heterocycles. The summed E-state index contributed by atoms with van der Waals surface area (Å²) in [5.74, 6) is 0. The average molecular weight is 196 g/mol. The summed E-state index contributed by atoms with van der Waals surface area (Å²) in [5, 5.41) is 0. The molecule has 0 aromatic carbocycles. The van der Waals surface area contributed by atoms with E-state index in [4.69, 9.17) is 28.7 Å². The van der Waals surface area contributed by atoms with Crippen molar-refractivity contribution in [3.05, 3.63) is 0 Å². The summed E-state index contributed by atoms with van der Waals surface area (Å²) in [4.78, 5) is 28.5. The fourth-order valence-corrected chi connectivity index (χ4v) is 0. The van der Waals surface area contributed by atoms with Crippen molar-refractivity contribution >= 4 is 16.5 Å². The lowest BCUT2D eigenvalue weighted by Crippen LogP contribution is -1.38. The quantitative estimate of drug-likeness (QED) is 0.282. The van der Waals surface area contributed by atoms with Gasteiger partial charge in [-0.15, -0.1) is 19.6 Å². The number of hydrogen-bond donors (Lipinski definition) is 6. The van der Waals surface area contributed by atoms with Gasteiger partial charge in [0.25, 0.3) is 0 Å². The van der Waals surface area contributed by atoms with E-state index >= 15 is 0 Å². The zero-order valence-corrected chi connectivity index (χ0v) is 6.70. The summed E-state index contributed by atoms with van der Waals surface area (Å²) in [5.41, 5.74) is 0. The lowest BCUT2D eigenvalue weighted by atomic mass is 14.0. The van der Waals surface area contributed by atoms with Crippen molar-refractivity contribution in [1.82, 2.24) is 12.3 Å². The summed E-state index contributed by atoms with van der Waals surface area (Å²) in [6.07, 6.45) is 0. The van der Waals surface area contributed by atoms with Gasteiger partial charge in [-0.05, 0) is 0 Å². The Morgan fingerprint density at radius 2 is 0.700 bits per heavy atom. The third-order valence-electron chi connectivity index (χ3n) is 0. The molecule has 0 saturated carbocycles. The summed E-state index contributed by atoms with van der Waals surface area (Å²) >= 11 is 0. The van der Waals surface area contributed by atoms with E-state index in [0.717, 1.165) is 0 Å². The van der Waals surface area contributed by atoms with Crippen LogP contribution in [0.25, 0.3) is 0 Å². The van der Waals surface area contributed by atoms with Gasteiger partial charge in [-0.3, -0.25) is 0 Å². The Morgan fingerprint density at radius 1 is 0.700 bits per heavy atom. The summed E-state index contributed by atoms with van der Waals surface area (Å²) < 4.78 is 17.4. The molecule has 10 N–H and O–H groups in total. The van der Waals surface area contributed by atoms with Gasteiger partial charge in [0.1, 0.15) is 0 Å². The largest absolute Gasteiger partial charge is 0.692 e. The van der Waals surface area contributed by atoms with Crippen molar-refractivity contribution in [2.75, 3.05) is 0 Å². The molecule has 0 atom stereocenters. The van der Waals surface area contributed by atoms with E-state index in [9.17, 15) is 0 Å². The monoisotopic (exact) mass is 196 g/mol. The lowest BCUT2D eigenvalue weighted by molar-refractivity contribution is 0.403. The first-order valence-electron chi connectivity index (χ1n) is 1.17. The molecule has 0 rings (SSSR count). The van der Waals surface area contributed by atoms with Crippen LogP contribution in [0.2, 0.25) is 0 Å². The SMILES string of the molecule is N.N.O=[P+](O)O.O=[P+](O)O. The molecule has 0 radical (unpaired) electrons. The molecule has 10 heavy (non-hydrogen) atoms. The van der Waals surface area contributed by atoms with Crippen molar-refractivity contribution in [3.8, 4) is 0 Å². The molecule has 0 spiro atoms. The van der Waals surface area contributed by atoms with Gasteiger partial charge in [0, 0.05) is 9.13 Å². The third kappa shape index (κ3) is 241000. The molecule has 0 aliphatic heterocycles. The first-order valence-corrected chi connectivity index (χ1v) is 3.50. The molecule has 0 fully saturated rings. The molecule has 8 nitrogen and oxygen atoms in total. The Kier molecular flexibility index (Phi) is 36.0. The molecule has 0 unspecified atom stereocenters. The van der Waals surface area contributed by atoms with E-state index in [0.29, 0.717) is 0 Å². The van der Waals surface area contributed by atoms with Gasteiger partial charge in [-0.25, -0.2) is 0 Å². The highest BCUT2D eigenvalue weighted by Gasteiger charge is 1.93. The lowest BCUT2D eigenvalue weighted by Gasteiger charge is -1.34. The second-order valence-corrected chi connectivity index (χ2v) is 1.52. The smallest absolute Gasteiger partial charge is 0.344 e. The number of rotatable bonds is 0. The Labute approximate surface area is 58.6 Å². The van der Waals surface area contributed by atoms with Crippen molar-refractivity contribution in [1.29, 1.82) is 0 Å². The van der Waals surface area contributed by atoms with Crippen molar-refractivity contribution in [3.63, 3.8) is 0 Å². The second-order valence-electron chi connectivity index (χ2n) is 0.505. The van der Waals surface area contributed by atoms with Crippen LogP contribution in [0.5, 0.6) is 0 Å². The van der Waals surface area contributed by atoms with E-state index in [1.807, 2.05) is 0 Å². The maximum absolute atomic E-state index is 8.70. The van der Waals surface area contributed by atoms with Gasteiger partial charge in [-0.1, -0.05) is 0 Å². The number of hydrogen-bond acceptors (Lipinski definition) is 4. The van der Waals surface area contributed by atoms with E-state index in [2.05, 4.69) is 0 Å². The average Bonchev–Trinajstić information content (AvgIpc) is 1.25. The molecule has 64 valence electrons. The van der Waals surface area contributed by atoms with E-state index < -0.39 is 16.5 Å². The van der Waals surface area contributed by atoms with Crippen molar-refractivity contribution in [2.24, 2.45) is 0 Å². The molecule has 0 bridgehead atoms. The van der Waals surface area contributed by atoms with E-state index in [1.165, 1.54) is 0 Å². The summed E-state index contributed by atoms with van der Waals surface area (Å²) in [7, 11) is -5.74. The van der Waals surface area contributed by atoms with Gasteiger partial charge < -0.3 is 12.3 Å². The minimum Gasteiger partial charge on any atom is -0.344 e. The Hall–Kier alpha value is -0.0400. The topological polar surface area (TPSA) is 185 Å². The van der Waals surface area contributed by atoms with Crippen LogP contribution in [0.3, 0.4) is 0 Å². The predicted octanol–water partition coefficient (Wildman–Crippen LogP) is -0.419. The molecule has 0 aliphatic carbocycles. The minimum absolute atomic E-state index is 0. The molecule has 10 heteroatoms. The van der Waals surface area contributed by atoms with Crippen LogP contribution in [0.1, 0.15) is 0 Å². The maximum Gasteiger partial charge on any atom is 0.692 e. The van der Waals surface area contributed by atoms with Gasteiger partial charge >= 0.3 is 16.5 Å². The van der Waals surface area contributed by atoms with Crippen molar-refractivity contribution < 1.29 is 28.7 Å². The van der Waals surface area contributed by atoms with Crippen LogP contribution in [0.15, 0.2) is 0 Å². The third-order valence-corrected chi connectivity index (χ3v) is 0. The highest BCUT2D eigenvalue weighted by Crippen LogP contribution is 1.98. The van der Waals surface area contributed by atoms with Gasteiger partial charge in [0.05, 0.1) is 0 Å². The Balaban J connectivity index is -0.0000000300. The molecule has 0 amide bonds. The normalized spacial score (nSPS) is 5.20. The van der Waals surface area contributed by atoms with Gasteiger partial charge in [-0.2, -0.15) is 0 Å². The van der Waals surface area contributed by atoms with E-state index in [-0.39, 0.29) is 12.3 Å². The first-order chi connectivity index (χ1) is 3.46. The van der Waals surface area contributed by atoms with Gasteiger partial charge in [0.2, 0.25) is 0 Å². The molecule has 0 heterocycles. The van der Waals surface area contributed by atoms with E-state index in [1.54, 1.807) is 0 Å². The fourth-order valence-electron chi connectivity index (χ4n) is 0. The van der Waals surface area contributed by atoms with Crippen LogP contribution >= 0.6 is 16.5 Å². The summed E-state index contributed by atoms with van der Waals surface area (Å²) in [6, 6.07) is 0. The fraction of sp³-hybridized carbons (Fsp3) is 0. The zero-order valence-electron chi connectivity index (χ0n) is 4.91. The highest BCUT2D eigenvalue weighted by molar-refractivity contribution is 7.31.